The first-order chi connectivity index (χ1) is 9.54. The van der Waals surface area contributed by atoms with Crippen LogP contribution in [0.25, 0.3) is 0 Å². The van der Waals surface area contributed by atoms with E-state index >= 15 is 0 Å². The average molecular weight is 282 g/mol. The average Bonchev–Trinajstić information content (AvgIpc) is 2.80. The summed E-state index contributed by atoms with van der Waals surface area (Å²) in [6, 6.07) is -1.26. The fraction of sp³-hybridized carbons (Fsp3) is 0.615. The third-order valence-electron chi connectivity index (χ3n) is 3.02. The van der Waals surface area contributed by atoms with Gasteiger partial charge in [-0.15, -0.1) is 0 Å². The van der Waals surface area contributed by atoms with Crippen LogP contribution in [0.4, 0.5) is 4.79 Å². The molecule has 0 fully saturated rings. The molecule has 0 saturated carbocycles. The molecule has 1 aromatic heterocycles. The first-order valence-electron chi connectivity index (χ1n) is 6.80. The van der Waals surface area contributed by atoms with E-state index in [1.54, 1.807) is 6.20 Å². The van der Waals surface area contributed by atoms with E-state index in [0.29, 0.717) is 19.4 Å². The molecule has 4 N–H and O–H groups in total. The van der Waals surface area contributed by atoms with E-state index in [0.717, 1.165) is 24.1 Å². The second-order valence-electron chi connectivity index (χ2n) is 4.70. The molecule has 0 aliphatic carbocycles. The minimum atomic E-state index is -1.00. The summed E-state index contributed by atoms with van der Waals surface area (Å²) >= 11 is 0. The monoisotopic (exact) mass is 282 g/mol. The van der Waals surface area contributed by atoms with Gasteiger partial charge in [0, 0.05) is 12.2 Å². The van der Waals surface area contributed by atoms with Gasteiger partial charge in [0.05, 0.1) is 6.20 Å². The second kappa shape index (κ2) is 8.19. The van der Waals surface area contributed by atoms with Gasteiger partial charge in [-0.05, 0) is 31.7 Å². The maximum absolute atomic E-state index is 11.6. The zero-order valence-corrected chi connectivity index (χ0v) is 11.9. The maximum atomic E-state index is 11.6. The summed E-state index contributed by atoms with van der Waals surface area (Å²) in [7, 11) is 0. The molecule has 0 unspecified atom stereocenters. The van der Waals surface area contributed by atoms with Crippen molar-refractivity contribution in [2.75, 3.05) is 6.54 Å². The molecule has 0 bridgehead atoms. The van der Waals surface area contributed by atoms with Crippen LogP contribution in [0.15, 0.2) is 6.20 Å². The number of amides is 2. The number of hydrogen-bond donors (Lipinski definition) is 4. The summed E-state index contributed by atoms with van der Waals surface area (Å²) in [5.41, 5.74) is 2.16. The Hall–Kier alpha value is -2.05. The van der Waals surface area contributed by atoms with E-state index < -0.39 is 18.0 Å². The predicted octanol–water partition coefficient (Wildman–Crippen LogP) is 1.20. The summed E-state index contributed by atoms with van der Waals surface area (Å²) in [6.07, 6.45) is 4.50. The highest BCUT2D eigenvalue weighted by Gasteiger charge is 2.18. The number of nitrogens with one attached hydrogen (secondary N) is 3. The summed E-state index contributed by atoms with van der Waals surface area (Å²) < 4.78 is 0. The third kappa shape index (κ3) is 5.29. The number of aryl methyl sites for hydroxylation is 2. The van der Waals surface area contributed by atoms with Gasteiger partial charge in [0.2, 0.25) is 0 Å². The molecule has 1 rings (SSSR count). The molecule has 0 aliphatic rings. The van der Waals surface area contributed by atoms with E-state index in [9.17, 15) is 9.59 Å². The molecule has 0 aromatic carbocycles. The number of aliphatic carboxylic acids is 1. The fourth-order valence-corrected chi connectivity index (χ4v) is 1.86. The largest absolute Gasteiger partial charge is 0.480 e. The minimum Gasteiger partial charge on any atom is -0.480 e. The predicted molar refractivity (Wildman–Crippen MR) is 74.5 cm³/mol. The zero-order chi connectivity index (χ0) is 15.0. The van der Waals surface area contributed by atoms with Crippen LogP contribution in [0.5, 0.6) is 0 Å². The van der Waals surface area contributed by atoms with Crippen molar-refractivity contribution in [2.45, 2.75) is 45.6 Å². The molecule has 1 heterocycles. The third-order valence-corrected chi connectivity index (χ3v) is 3.02. The summed E-state index contributed by atoms with van der Waals surface area (Å²) in [4.78, 5) is 22.5. The van der Waals surface area contributed by atoms with E-state index in [1.165, 1.54) is 0 Å². The van der Waals surface area contributed by atoms with Gasteiger partial charge in [0.15, 0.2) is 0 Å². The van der Waals surface area contributed by atoms with Gasteiger partial charge in [0.1, 0.15) is 6.04 Å². The van der Waals surface area contributed by atoms with Gasteiger partial charge in [-0.25, -0.2) is 9.59 Å². The Morgan fingerprint density at radius 2 is 2.25 bits per heavy atom. The van der Waals surface area contributed by atoms with E-state index in [1.807, 2.05) is 13.8 Å². The molecular weight excluding hydrogens is 260 g/mol. The molecule has 20 heavy (non-hydrogen) atoms. The number of carboxylic acids is 1. The van der Waals surface area contributed by atoms with Crippen LogP contribution in [0, 0.1) is 6.92 Å². The van der Waals surface area contributed by atoms with Gasteiger partial charge < -0.3 is 15.7 Å². The highest BCUT2D eigenvalue weighted by Crippen LogP contribution is 2.05. The Balaban J connectivity index is 2.22. The van der Waals surface area contributed by atoms with Crippen molar-refractivity contribution in [1.82, 2.24) is 20.8 Å². The first kappa shape index (κ1) is 16.0. The first-order valence-corrected chi connectivity index (χ1v) is 6.80. The lowest BCUT2D eigenvalue weighted by Crippen LogP contribution is -2.46. The SMILES string of the molecule is CCC[C@@H](NC(=O)NCCCc1cn[nH]c1C)C(=O)O. The standard InChI is InChI=1S/C13H22N4O3/c1-3-5-11(12(18)19)16-13(20)14-7-4-6-10-8-15-17-9(10)2/h8,11H,3-7H2,1-2H3,(H,15,17)(H,18,19)(H2,14,16,20)/t11-/m1/s1. The quantitative estimate of drug-likeness (QED) is 0.537. The molecule has 0 radical (unpaired) electrons. The normalized spacial score (nSPS) is 11.9. The number of aromatic nitrogens is 2. The Bertz CT molecular complexity index is 445. The molecule has 0 saturated heterocycles. The van der Waals surface area contributed by atoms with Crippen LogP contribution >= 0.6 is 0 Å². The van der Waals surface area contributed by atoms with E-state index in [4.69, 9.17) is 5.11 Å². The van der Waals surface area contributed by atoms with Crippen LogP contribution in [0.1, 0.15) is 37.4 Å². The Morgan fingerprint density at radius 1 is 1.50 bits per heavy atom. The van der Waals surface area contributed by atoms with Crippen molar-refractivity contribution in [1.29, 1.82) is 0 Å². The molecular formula is C13H22N4O3. The molecule has 112 valence electrons. The lowest BCUT2D eigenvalue weighted by molar-refractivity contribution is -0.139. The van der Waals surface area contributed by atoms with Crippen molar-refractivity contribution >= 4 is 12.0 Å². The lowest BCUT2D eigenvalue weighted by Gasteiger charge is -2.14. The van der Waals surface area contributed by atoms with Crippen molar-refractivity contribution in [3.8, 4) is 0 Å². The maximum Gasteiger partial charge on any atom is 0.326 e. The van der Waals surface area contributed by atoms with Gasteiger partial charge >= 0.3 is 12.0 Å². The molecule has 1 atom stereocenters. The van der Waals surface area contributed by atoms with Gasteiger partial charge in [0.25, 0.3) is 0 Å². The number of rotatable bonds is 8. The smallest absolute Gasteiger partial charge is 0.326 e. The summed E-state index contributed by atoms with van der Waals surface area (Å²) in [5.74, 6) is -1.00. The molecule has 7 heteroatoms. The number of carbonyl (C=O) groups excluding carboxylic acids is 1. The molecule has 1 aromatic rings. The van der Waals surface area contributed by atoms with Gasteiger partial charge in [-0.3, -0.25) is 5.10 Å². The molecule has 0 spiro atoms. The number of carbonyl (C=O) groups is 2. The van der Waals surface area contributed by atoms with Crippen molar-refractivity contribution in [3.63, 3.8) is 0 Å². The fourth-order valence-electron chi connectivity index (χ4n) is 1.86. The van der Waals surface area contributed by atoms with Crippen molar-refractivity contribution < 1.29 is 14.7 Å². The number of carboxylic acid groups (broad SMARTS) is 1. The number of urea groups is 1. The van der Waals surface area contributed by atoms with E-state index in [2.05, 4.69) is 20.8 Å². The molecule has 2 amide bonds. The Morgan fingerprint density at radius 3 is 2.80 bits per heavy atom. The molecule has 7 nitrogen and oxygen atoms in total. The van der Waals surface area contributed by atoms with Gasteiger partial charge in [-0.1, -0.05) is 13.3 Å². The van der Waals surface area contributed by atoms with Crippen LogP contribution in [-0.4, -0.2) is 39.9 Å². The minimum absolute atomic E-state index is 0.428. The lowest BCUT2D eigenvalue weighted by atomic mass is 10.1. The number of aromatic amines is 1. The summed E-state index contributed by atoms with van der Waals surface area (Å²) in [5, 5.41) is 20.8. The highest BCUT2D eigenvalue weighted by molar-refractivity contribution is 5.82. The second-order valence-corrected chi connectivity index (χ2v) is 4.70. The van der Waals surface area contributed by atoms with Crippen LogP contribution in [-0.2, 0) is 11.2 Å². The van der Waals surface area contributed by atoms with Gasteiger partial charge in [-0.2, -0.15) is 5.10 Å². The Labute approximate surface area is 118 Å². The van der Waals surface area contributed by atoms with Crippen LogP contribution in [0.3, 0.4) is 0 Å². The van der Waals surface area contributed by atoms with Crippen LogP contribution < -0.4 is 10.6 Å². The van der Waals surface area contributed by atoms with E-state index in [-0.39, 0.29) is 0 Å². The Kier molecular flexibility index (Phi) is 6.55. The summed E-state index contributed by atoms with van der Waals surface area (Å²) in [6.45, 7) is 4.32. The number of hydrogen-bond acceptors (Lipinski definition) is 3. The zero-order valence-electron chi connectivity index (χ0n) is 11.9. The van der Waals surface area contributed by atoms with Crippen LogP contribution in [0.2, 0.25) is 0 Å². The van der Waals surface area contributed by atoms with Crippen molar-refractivity contribution in [2.24, 2.45) is 0 Å². The molecule has 0 aliphatic heterocycles. The highest BCUT2D eigenvalue weighted by atomic mass is 16.4. The topological polar surface area (TPSA) is 107 Å². The number of H-pyrrole nitrogens is 1. The van der Waals surface area contributed by atoms with Crippen molar-refractivity contribution in [3.05, 3.63) is 17.5 Å². The number of nitrogens with zero attached hydrogens (tertiary/aromatic N) is 1.